The molecule has 0 N–H and O–H groups in total. The van der Waals surface area contributed by atoms with E-state index in [0.29, 0.717) is 12.8 Å². The van der Waals surface area contributed by atoms with Crippen LogP contribution in [-0.2, 0) is 0 Å². The Kier molecular flexibility index (Phi) is 12.7. The summed E-state index contributed by atoms with van der Waals surface area (Å²) in [6.45, 7) is 4.24. The zero-order chi connectivity index (χ0) is 12.2. The highest BCUT2D eigenvalue weighted by molar-refractivity contribution is 8.12. The minimum Gasteiger partial charge on any atom is -0.239 e. The van der Waals surface area contributed by atoms with Crippen LogP contribution in [0.15, 0.2) is 0 Å². The lowest BCUT2D eigenvalue weighted by atomic mass is 10.2. The molecule has 0 aromatic heterocycles. The van der Waals surface area contributed by atoms with Crippen LogP contribution in [0.1, 0.15) is 65.2 Å². The van der Waals surface area contributed by atoms with Crippen LogP contribution in [0, 0.1) is 0 Å². The molecule has 0 heterocycles. The van der Waals surface area contributed by atoms with Gasteiger partial charge in [-0.05, 0) is 12.8 Å². The van der Waals surface area contributed by atoms with Crippen molar-refractivity contribution in [2.24, 2.45) is 0 Å². The monoisotopic (exact) mass is 271 g/mol. The summed E-state index contributed by atoms with van der Waals surface area (Å²) in [5.74, 6) is -1.40. The molecule has 0 aromatic carbocycles. The average molecular weight is 271 g/mol. The molecule has 0 bridgehead atoms. The largest absolute Gasteiger partial charge is 0.239 e. The highest BCUT2D eigenvalue weighted by atomic mass is 32.0. The maximum absolute atomic E-state index is 13.4. The molecule has 0 aliphatic carbocycles. The lowest BCUT2D eigenvalue weighted by molar-refractivity contribution is 0.407. The predicted octanol–water partition coefficient (Wildman–Crippen LogP) is 5.74. The number of hydrogen-bond acceptors (Lipinski definition) is 0. The molecule has 0 radical (unpaired) electrons. The maximum atomic E-state index is 13.4. The van der Waals surface area contributed by atoms with Crippen molar-refractivity contribution < 1.29 is 8.78 Å². The molecule has 0 rings (SSSR count). The summed E-state index contributed by atoms with van der Waals surface area (Å²) in [5.41, 5.74) is 0. The second-order valence-corrected chi connectivity index (χ2v) is 8.32. The molecule has 0 amide bonds. The smallest absolute Gasteiger partial charge is 0.202 e. The molecule has 0 aliphatic rings. The maximum Gasteiger partial charge on any atom is 0.202 e. The van der Waals surface area contributed by atoms with Crippen LogP contribution in [-0.4, -0.2) is 11.8 Å². The molecule has 4 heteroatoms. The quantitative estimate of drug-likeness (QED) is 0.332. The molecule has 4 unspecified atom stereocenters. The molecule has 0 saturated carbocycles. The SMILES string of the molecule is CCCCCC(F)P[PH2+]C(F)CCCCC. The molecule has 0 saturated heterocycles. The van der Waals surface area contributed by atoms with Gasteiger partial charge in [0.2, 0.25) is 5.91 Å². The van der Waals surface area contributed by atoms with E-state index in [1.807, 2.05) is 0 Å². The predicted molar refractivity (Wildman–Crippen MR) is 76.1 cm³/mol. The van der Waals surface area contributed by atoms with Crippen LogP contribution in [0.3, 0.4) is 0 Å². The summed E-state index contributed by atoms with van der Waals surface area (Å²) < 4.78 is 26.7. The Hall–Kier alpha value is 0.720. The van der Waals surface area contributed by atoms with Gasteiger partial charge in [-0.15, -0.1) is 0 Å². The van der Waals surface area contributed by atoms with E-state index in [9.17, 15) is 8.78 Å². The normalized spacial score (nSPS) is 16.5. The lowest BCUT2D eigenvalue weighted by Gasteiger charge is -2.06. The summed E-state index contributed by atoms with van der Waals surface area (Å²) in [4.78, 5) is 0. The first-order valence-corrected chi connectivity index (χ1v) is 10.1. The van der Waals surface area contributed by atoms with Gasteiger partial charge in [0.1, 0.15) is 0 Å². The molecule has 0 nitrogen and oxygen atoms in total. The second-order valence-electron chi connectivity index (χ2n) is 4.31. The number of hydrogen-bond donors (Lipinski definition) is 0. The fraction of sp³-hybridized carbons (Fsp3) is 1.00. The second kappa shape index (κ2) is 12.2. The zero-order valence-electron chi connectivity index (χ0n) is 10.6. The van der Waals surface area contributed by atoms with Gasteiger partial charge in [-0.2, -0.15) is 0 Å². The van der Waals surface area contributed by atoms with Gasteiger partial charge >= 0.3 is 0 Å². The van der Waals surface area contributed by atoms with E-state index < -0.39 is 11.8 Å². The first-order valence-electron chi connectivity index (χ1n) is 6.58. The van der Waals surface area contributed by atoms with E-state index in [1.165, 1.54) is 0 Å². The minimum absolute atomic E-state index is 0.251. The first kappa shape index (κ1) is 16.7. The molecule has 0 aliphatic heterocycles. The fourth-order valence-electron chi connectivity index (χ4n) is 1.54. The van der Waals surface area contributed by atoms with Crippen LogP contribution in [0.2, 0.25) is 0 Å². The van der Waals surface area contributed by atoms with E-state index in [4.69, 9.17) is 0 Å². The van der Waals surface area contributed by atoms with Crippen molar-refractivity contribution in [3.63, 3.8) is 0 Å². The first-order chi connectivity index (χ1) is 7.70. The van der Waals surface area contributed by atoms with Gasteiger partial charge in [0.15, 0.2) is 5.91 Å². The van der Waals surface area contributed by atoms with Crippen LogP contribution < -0.4 is 0 Å². The van der Waals surface area contributed by atoms with Crippen molar-refractivity contribution in [3.8, 4) is 0 Å². The van der Waals surface area contributed by atoms with Crippen molar-refractivity contribution in [2.75, 3.05) is 0 Å². The Bertz CT molecular complexity index is 129. The van der Waals surface area contributed by atoms with Crippen LogP contribution in [0.5, 0.6) is 0 Å². The van der Waals surface area contributed by atoms with E-state index in [1.54, 1.807) is 0 Å². The van der Waals surface area contributed by atoms with Crippen molar-refractivity contribution in [1.82, 2.24) is 0 Å². The third-order valence-corrected chi connectivity index (χ3v) is 6.89. The lowest BCUT2D eigenvalue weighted by Crippen LogP contribution is -1.93. The Morgan fingerprint density at radius 3 is 2.06 bits per heavy atom. The molecule has 4 atom stereocenters. The van der Waals surface area contributed by atoms with Gasteiger partial charge in [-0.25, -0.2) is 8.78 Å². The zero-order valence-corrected chi connectivity index (χ0v) is 12.8. The molecule has 0 fully saturated rings. The third-order valence-electron chi connectivity index (χ3n) is 2.60. The topological polar surface area (TPSA) is 0 Å². The van der Waals surface area contributed by atoms with Gasteiger partial charge in [-0.1, -0.05) is 46.0 Å². The van der Waals surface area contributed by atoms with E-state index in [-0.39, 0.29) is 16.5 Å². The molecule has 98 valence electrons. The molecular formula is C12H27F2P2+. The Labute approximate surface area is 103 Å². The fourth-order valence-corrected chi connectivity index (χ4v) is 4.98. The third kappa shape index (κ3) is 11.2. The molecular weight excluding hydrogens is 244 g/mol. The van der Waals surface area contributed by atoms with Crippen molar-refractivity contribution in [1.29, 1.82) is 0 Å². The van der Waals surface area contributed by atoms with Gasteiger partial charge in [0.25, 0.3) is 0 Å². The van der Waals surface area contributed by atoms with Crippen LogP contribution in [0.25, 0.3) is 0 Å². The summed E-state index contributed by atoms with van der Waals surface area (Å²) in [6, 6.07) is 0. The molecule has 0 aromatic rings. The summed E-state index contributed by atoms with van der Waals surface area (Å²) in [6.07, 6.45) is 7.74. The Morgan fingerprint density at radius 1 is 0.938 bits per heavy atom. The van der Waals surface area contributed by atoms with Crippen LogP contribution in [0.4, 0.5) is 8.78 Å². The van der Waals surface area contributed by atoms with Crippen molar-refractivity contribution in [2.45, 2.75) is 77.0 Å². The number of unbranched alkanes of at least 4 members (excludes halogenated alkanes) is 4. The number of rotatable bonds is 11. The van der Waals surface area contributed by atoms with Gasteiger partial charge in [-0.3, -0.25) is 0 Å². The van der Waals surface area contributed by atoms with Gasteiger partial charge in [0, 0.05) is 14.7 Å². The highest BCUT2D eigenvalue weighted by Gasteiger charge is 2.17. The molecule has 16 heavy (non-hydrogen) atoms. The number of alkyl halides is 2. The van der Waals surface area contributed by atoms with Crippen molar-refractivity contribution >= 4 is 16.5 Å². The van der Waals surface area contributed by atoms with Crippen LogP contribution >= 0.6 is 16.5 Å². The summed E-state index contributed by atoms with van der Waals surface area (Å²) >= 11 is 0. The number of halogens is 2. The average Bonchev–Trinajstić information content (AvgIpc) is 2.27. The summed E-state index contributed by atoms with van der Waals surface area (Å²) in [7, 11) is -0.0450. The highest BCUT2D eigenvalue weighted by Crippen LogP contribution is 2.48. The van der Waals surface area contributed by atoms with E-state index in [0.717, 1.165) is 38.5 Å². The Morgan fingerprint density at radius 2 is 1.50 bits per heavy atom. The standard InChI is InChI=1S/C12H26F2P2/c1-3-5-7-9-11(13)15-16-12(14)10-8-6-4-2/h11-12,15-16H,3-10H2,1-2H3/p+1. The van der Waals surface area contributed by atoms with Crippen molar-refractivity contribution in [3.05, 3.63) is 0 Å². The van der Waals surface area contributed by atoms with Gasteiger partial charge < -0.3 is 0 Å². The van der Waals surface area contributed by atoms with E-state index >= 15 is 0 Å². The Balaban J connectivity index is 3.32. The van der Waals surface area contributed by atoms with Gasteiger partial charge in [0.05, 0.1) is 8.27 Å². The van der Waals surface area contributed by atoms with E-state index in [2.05, 4.69) is 13.8 Å². The molecule has 0 spiro atoms. The minimum atomic E-state index is -0.717. The summed E-state index contributed by atoms with van der Waals surface area (Å²) in [5, 5.41) is 0.